The molecule has 0 unspecified atom stereocenters. The molecular formula is C12H15NO3S. The van der Waals surface area contributed by atoms with E-state index in [4.69, 9.17) is 4.74 Å². The Hall–Kier alpha value is -1.04. The monoisotopic (exact) mass is 253 g/mol. The van der Waals surface area contributed by atoms with Gasteiger partial charge < -0.3 is 15.2 Å². The molecule has 0 atom stereocenters. The number of hydrogen-bond acceptors (Lipinski definition) is 4. The largest absolute Gasteiger partial charge is 0.395 e. The zero-order valence-electron chi connectivity index (χ0n) is 9.60. The molecule has 0 bridgehead atoms. The Bertz CT molecular complexity index is 395. The lowest BCUT2D eigenvalue weighted by Crippen LogP contribution is -2.54. The van der Waals surface area contributed by atoms with Crippen molar-refractivity contribution in [3.63, 3.8) is 0 Å². The van der Waals surface area contributed by atoms with Gasteiger partial charge in [0, 0.05) is 10.6 Å². The summed E-state index contributed by atoms with van der Waals surface area (Å²) in [6, 6.07) is 7.61. The highest BCUT2D eigenvalue weighted by Crippen LogP contribution is 2.28. The van der Waals surface area contributed by atoms with Gasteiger partial charge in [0.1, 0.15) is 5.41 Å². The molecule has 1 aromatic rings. The minimum Gasteiger partial charge on any atom is -0.395 e. The Morgan fingerprint density at radius 2 is 2.12 bits per heavy atom. The lowest BCUT2D eigenvalue weighted by molar-refractivity contribution is -0.164. The van der Waals surface area contributed by atoms with Gasteiger partial charge in [-0.15, -0.1) is 11.8 Å². The first-order chi connectivity index (χ1) is 8.20. The third-order valence-electron chi connectivity index (χ3n) is 2.89. The molecule has 0 saturated carbocycles. The van der Waals surface area contributed by atoms with E-state index in [0.29, 0.717) is 0 Å². The standard InChI is InChI=1S/C12H15NO3S/c1-17-10-4-2-9(3-5-10)13-11(15)12(6-14)7-16-8-12/h2-5,14H,6-8H2,1H3,(H,13,15). The summed E-state index contributed by atoms with van der Waals surface area (Å²) in [5.74, 6) is -0.178. The van der Waals surface area contributed by atoms with E-state index in [-0.39, 0.29) is 25.7 Å². The van der Waals surface area contributed by atoms with Crippen LogP contribution in [0.2, 0.25) is 0 Å². The molecule has 17 heavy (non-hydrogen) atoms. The van der Waals surface area contributed by atoms with Gasteiger partial charge in [-0.25, -0.2) is 0 Å². The first-order valence-corrected chi connectivity index (χ1v) is 6.57. The number of anilines is 1. The van der Waals surface area contributed by atoms with E-state index in [1.165, 1.54) is 0 Å². The SMILES string of the molecule is CSc1ccc(NC(=O)C2(CO)COC2)cc1. The van der Waals surface area contributed by atoms with Crippen molar-refractivity contribution in [2.24, 2.45) is 5.41 Å². The van der Waals surface area contributed by atoms with E-state index < -0.39 is 5.41 Å². The normalized spacial score (nSPS) is 17.3. The molecule has 4 nitrogen and oxygen atoms in total. The minimum absolute atomic E-state index is 0.178. The number of amides is 1. The van der Waals surface area contributed by atoms with E-state index in [9.17, 15) is 9.90 Å². The molecule has 1 saturated heterocycles. The van der Waals surface area contributed by atoms with Gasteiger partial charge in [-0.3, -0.25) is 4.79 Å². The van der Waals surface area contributed by atoms with Gasteiger partial charge in [-0.05, 0) is 30.5 Å². The molecule has 2 rings (SSSR count). The quantitative estimate of drug-likeness (QED) is 0.795. The van der Waals surface area contributed by atoms with Crippen LogP contribution >= 0.6 is 11.8 Å². The number of aliphatic hydroxyl groups excluding tert-OH is 1. The van der Waals surface area contributed by atoms with Crippen molar-refractivity contribution in [2.75, 3.05) is 31.4 Å². The van der Waals surface area contributed by atoms with Crippen molar-refractivity contribution in [3.8, 4) is 0 Å². The smallest absolute Gasteiger partial charge is 0.237 e. The molecule has 1 aromatic carbocycles. The van der Waals surface area contributed by atoms with Crippen LogP contribution in [-0.2, 0) is 9.53 Å². The molecule has 1 aliphatic heterocycles. The summed E-state index contributed by atoms with van der Waals surface area (Å²) in [5.41, 5.74) is -0.00873. The van der Waals surface area contributed by atoms with E-state index in [1.807, 2.05) is 30.5 Å². The van der Waals surface area contributed by atoms with Crippen LogP contribution in [0.5, 0.6) is 0 Å². The van der Waals surface area contributed by atoms with Gasteiger partial charge in [0.2, 0.25) is 5.91 Å². The number of carbonyl (C=O) groups excluding carboxylic acids is 1. The molecule has 5 heteroatoms. The fourth-order valence-corrected chi connectivity index (χ4v) is 1.99. The summed E-state index contributed by atoms with van der Waals surface area (Å²) in [7, 11) is 0. The van der Waals surface area contributed by atoms with Crippen LogP contribution in [0.3, 0.4) is 0 Å². The topological polar surface area (TPSA) is 58.6 Å². The molecule has 92 valence electrons. The first-order valence-electron chi connectivity index (χ1n) is 5.34. The van der Waals surface area contributed by atoms with Crippen molar-refractivity contribution >= 4 is 23.4 Å². The molecule has 0 spiro atoms. The lowest BCUT2D eigenvalue weighted by Gasteiger charge is -2.37. The molecule has 1 heterocycles. The number of benzene rings is 1. The second-order valence-corrected chi connectivity index (χ2v) is 4.99. The Balaban J connectivity index is 2.02. The second-order valence-electron chi connectivity index (χ2n) is 4.11. The average molecular weight is 253 g/mol. The number of ether oxygens (including phenoxy) is 1. The number of rotatable bonds is 4. The van der Waals surface area contributed by atoms with Gasteiger partial charge in [0.15, 0.2) is 0 Å². The molecule has 1 aliphatic rings. The highest BCUT2D eigenvalue weighted by molar-refractivity contribution is 7.98. The number of hydrogen-bond donors (Lipinski definition) is 2. The summed E-state index contributed by atoms with van der Waals surface area (Å²) in [6.07, 6.45) is 2.00. The Labute approximate surface area is 104 Å². The fourth-order valence-electron chi connectivity index (χ4n) is 1.58. The fraction of sp³-hybridized carbons (Fsp3) is 0.417. The van der Waals surface area contributed by atoms with Crippen LogP contribution < -0.4 is 5.32 Å². The molecule has 0 aliphatic carbocycles. The van der Waals surface area contributed by atoms with Gasteiger partial charge in [0.25, 0.3) is 0 Å². The van der Waals surface area contributed by atoms with Crippen molar-refractivity contribution in [3.05, 3.63) is 24.3 Å². The molecular weight excluding hydrogens is 238 g/mol. The maximum absolute atomic E-state index is 11.9. The maximum atomic E-state index is 11.9. The van der Waals surface area contributed by atoms with Crippen LogP contribution in [0.15, 0.2) is 29.2 Å². The summed E-state index contributed by atoms with van der Waals surface area (Å²) >= 11 is 1.65. The average Bonchev–Trinajstić information content (AvgIpc) is 2.29. The number of aliphatic hydroxyl groups is 1. The van der Waals surface area contributed by atoms with E-state index in [1.54, 1.807) is 11.8 Å². The Morgan fingerprint density at radius 1 is 1.47 bits per heavy atom. The Morgan fingerprint density at radius 3 is 2.53 bits per heavy atom. The molecule has 1 fully saturated rings. The second kappa shape index (κ2) is 5.08. The number of thioether (sulfide) groups is 1. The summed E-state index contributed by atoms with van der Waals surface area (Å²) in [4.78, 5) is 13.1. The molecule has 1 amide bonds. The van der Waals surface area contributed by atoms with Crippen molar-refractivity contribution in [2.45, 2.75) is 4.90 Å². The highest BCUT2D eigenvalue weighted by Gasteiger charge is 2.45. The van der Waals surface area contributed by atoms with Crippen LogP contribution in [-0.4, -0.2) is 37.1 Å². The van der Waals surface area contributed by atoms with E-state index >= 15 is 0 Å². The van der Waals surface area contributed by atoms with E-state index in [0.717, 1.165) is 10.6 Å². The zero-order valence-corrected chi connectivity index (χ0v) is 10.4. The van der Waals surface area contributed by atoms with Crippen LogP contribution in [0.4, 0.5) is 5.69 Å². The third kappa shape index (κ3) is 2.46. The maximum Gasteiger partial charge on any atom is 0.237 e. The van der Waals surface area contributed by atoms with Gasteiger partial charge in [-0.1, -0.05) is 0 Å². The molecule has 2 N–H and O–H groups in total. The van der Waals surface area contributed by atoms with Crippen LogP contribution in [0, 0.1) is 5.41 Å². The predicted octanol–water partition coefficient (Wildman–Crippen LogP) is 1.36. The highest BCUT2D eigenvalue weighted by atomic mass is 32.2. The van der Waals surface area contributed by atoms with Crippen molar-refractivity contribution < 1.29 is 14.6 Å². The van der Waals surface area contributed by atoms with Crippen molar-refractivity contribution in [1.29, 1.82) is 0 Å². The molecule has 0 aromatic heterocycles. The van der Waals surface area contributed by atoms with E-state index in [2.05, 4.69) is 5.32 Å². The summed E-state index contributed by atoms with van der Waals surface area (Å²) in [5, 5.41) is 12.0. The predicted molar refractivity (Wildman–Crippen MR) is 67.2 cm³/mol. The zero-order chi connectivity index (χ0) is 12.3. The number of nitrogens with one attached hydrogen (secondary N) is 1. The minimum atomic E-state index is -0.752. The Kier molecular flexibility index (Phi) is 3.71. The summed E-state index contributed by atoms with van der Waals surface area (Å²) in [6.45, 7) is 0.401. The lowest BCUT2D eigenvalue weighted by atomic mass is 9.86. The molecule has 0 radical (unpaired) electrons. The van der Waals surface area contributed by atoms with Gasteiger partial charge >= 0.3 is 0 Å². The first kappa shape index (κ1) is 12.4. The third-order valence-corrected chi connectivity index (χ3v) is 3.63. The van der Waals surface area contributed by atoms with Crippen molar-refractivity contribution in [1.82, 2.24) is 0 Å². The summed E-state index contributed by atoms with van der Waals surface area (Å²) < 4.78 is 5.00. The van der Waals surface area contributed by atoms with Gasteiger partial charge in [0.05, 0.1) is 19.8 Å². The van der Waals surface area contributed by atoms with Gasteiger partial charge in [-0.2, -0.15) is 0 Å². The van der Waals surface area contributed by atoms with Crippen LogP contribution in [0.25, 0.3) is 0 Å². The van der Waals surface area contributed by atoms with Crippen LogP contribution in [0.1, 0.15) is 0 Å². The number of carbonyl (C=O) groups is 1.